The highest BCUT2D eigenvalue weighted by atomic mass is 19.1. The SMILES string of the molecule is O=[C]c1cc(F)cc(F)c1. The maximum absolute atomic E-state index is 12.2. The first-order valence-electron chi connectivity index (χ1n) is 2.56. The second kappa shape index (κ2) is 2.56. The van der Waals surface area contributed by atoms with Gasteiger partial charge in [0.25, 0.3) is 0 Å². The van der Waals surface area contributed by atoms with Gasteiger partial charge in [-0.05, 0) is 12.1 Å². The maximum atomic E-state index is 12.2. The van der Waals surface area contributed by atoms with Gasteiger partial charge >= 0.3 is 0 Å². The molecule has 0 bridgehead atoms. The number of benzene rings is 1. The Labute approximate surface area is 56.3 Å². The molecule has 0 heterocycles. The smallest absolute Gasteiger partial charge is 0.233 e. The minimum atomic E-state index is -0.765. The summed E-state index contributed by atoms with van der Waals surface area (Å²) in [5.41, 5.74) is -0.113. The molecule has 1 rings (SSSR count). The van der Waals surface area contributed by atoms with E-state index in [0.29, 0.717) is 6.07 Å². The van der Waals surface area contributed by atoms with Gasteiger partial charge in [0.2, 0.25) is 6.29 Å². The molecular formula is C7H3F2O. The lowest BCUT2D eigenvalue weighted by atomic mass is 10.2. The molecule has 0 amide bonds. The minimum Gasteiger partial charge on any atom is -0.285 e. The van der Waals surface area contributed by atoms with E-state index in [4.69, 9.17) is 0 Å². The summed E-state index contributed by atoms with van der Waals surface area (Å²) >= 11 is 0. The van der Waals surface area contributed by atoms with Crippen molar-refractivity contribution in [2.75, 3.05) is 0 Å². The van der Waals surface area contributed by atoms with E-state index in [1.54, 1.807) is 0 Å². The first kappa shape index (κ1) is 6.86. The molecule has 0 aromatic heterocycles. The van der Waals surface area contributed by atoms with Crippen LogP contribution < -0.4 is 0 Å². The van der Waals surface area contributed by atoms with Gasteiger partial charge in [-0.15, -0.1) is 0 Å². The van der Waals surface area contributed by atoms with E-state index in [2.05, 4.69) is 0 Å². The zero-order valence-corrected chi connectivity index (χ0v) is 4.90. The van der Waals surface area contributed by atoms with Crippen LogP contribution in [0.3, 0.4) is 0 Å². The van der Waals surface area contributed by atoms with Crippen molar-refractivity contribution < 1.29 is 13.6 Å². The van der Waals surface area contributed by atoms with Gasteiger partial charge in [-0.1, -0.05) is 0 Å². The van der Waals surface area contributed by atoms with Crippen LogP contribution in [0.1, 0.15) is 5.56 Å². The lowest BCUT2D eigenvalue weighted by Crippen LogP contribution is -1.85. The number of rotatable bonds is 1. The zero-order valence-electron chi connectivity index (χ0n) is 4.90. The van der Waals surface area contributed by atoms with Crippen LogP contribution in [0.25, 0.3) is 0 Å². The molecule has 1 nitrogen and oxygen atoms in total. The number of hydrogen-bond donors (Lipinski definition) is 0. The summed E-state index contributed by atoms with van der Waals surface area (Å²) in [6.07, 6.45) is 1.38. The van der Waals surface area contributed by atoms with Crippen LogP contribution in [0.5, 0.6) is 0 Å². The van der Waals surface area contributed by atoms with E-state index in [-0.39, 0.29) is 5.56 Å². The van der Waals surface area contributed by atoms with Gasteiger partial charge in [-0.2, -0.15) is 0 Å². The average molecular weight is 141 g/mol. The molecule has 0 N–H and O–H groups in total. The van der Waals surface area contributed by atoms with E-state index < -0.39 is 11.6 Å². The molecule has 0 saturated heterocycles. The molecule has 10 heavy (non-hydrogen) atoms. The van der Waals surface area contributed by atoms with Crippen LogP contribution >= 0.6 is 0 Å². The first-order chi connectivity index (χ1) is 4.72. The van der Waals surface area contributed by atoms with Crippen LogP contribution in [-0.4, -0.2) is 6.29 Å². The van der Waals surface area contributed by atoms with Crippen LogP contribution in [0.2, 0.25) is 0 Å². The molecular weight excluding hydrogens is 138 g/mol. The monoisotopic (exact) mass is 141 g/mol. The normalized spacial score (nSPS) is 9.40. The van der Waals surface area contributed by atoms with Crippen molar-refractivity contribution in [1.82, 2.24) is 0 Å². The van der Waals surface area contributed by atoms with Gasteiger partial charge in [-0.25, -0.2) is 8.78 Å². The summed E-state index contributed by atoms with van der Waals surface area (Å²) in [5, 5.41) is 0. The van der Waals surface area contributed by atoms with E-state index in [9.17, 15) is 13.6 Å². The van der Waals surface area contributed by atoms with Crippen LogP contribution in [-0.2, 0) is 4.79 Å². The Balaban J connectivity index is 3.18. The average Bonchev–Trinajstić information content (AvgIpc) is 1.85. The quantitative estimate of drug-likeness (QED) is 0.578. The van der Waals surface area contributed by atoms with Crippen LogP contribution in [0, 0.1) is 11.6 Å². The lowest BCUT2D eigenvalue weighted by molar-refractivity contribution is 0.558. The van der Waals surface area contributed by atoms with E-state index >= 15 is 0 Å². The van der Waals surface area contributed by atoms with E-state index in [1.165, 1.54) is 6.29 Å². The largest absolute Gasteiger partial charge is 0.285 e. The van der Waals surface area contributed by atoms with Crippen molar-refractivity contribution in [2.24, 2.45) is 0 Å². The number of hydrogen-bond acceptors (Lipinski definition) is 1. The summed E-state index contributed by atoms with van der Waals surface area (Å²) in [5.74, 6) is -1.53. The lowest BCUT2D eigenvalue weighted by Gasteiger charge is -1.89. The van der Waals surface area contributed by atoms with Crippen molar-refractivity contribution in [2.45, 2.75) is 0 Å². The second-order valence-corrected chi connectivity index (χ2v) is 1.76. The van der Waals surface area contributed by atoms with Crippen molar-refractivity contribution in [1.29, 1.82) is 0 Å². The number of carbonyl (C=O) groups excluding carboxylic acids is 1. The third-order valence-electron chi connectivity index (χ3n) is 0.980. The highest BCUT2D eigenvalue weighted by Crippen LogP contribution is 2.04. The summed E-state index contributed by atoms with van der Waals surface area (Å²) in [6, 6.07) is 2.52. The summed E-state index contributed by atoms with van der Waals surface area (Å²) in [7, 11) is 0. The fourth-order valence-electron chi connectivity index (χ4n) is 0.613. The van der Waals surface area contributed by atoms with Gasteiger partial charge in [0.05, 0.1) is 0 Å². The molecule has 0 unspecified atom stereocenters. The molecule has 1 aromatic rings. The van der Waals surface area contributed by atoms with E-state index in [0.717, 1.165) is 12.1 Å². The molecule has 0 atom stereocenters. The van der Waals surface area contributed by atoms with Gasteiger partial charge in [0, 0.05) is 11.6 Å². The first-order valence-corrected chi connectivity index (χ1v) is 2.56. The predicted molar refractivity (Wildman–Crippen MR) is 31.2 cm³/mol. The molecule has 0 aliphatic carbocycles. The van der Waals surface area contributed by atoms with Crippen molar-refractivity contribution in [3.63, 3.8) is 0 Å². The van der Waals surface area contributed by atoms with Crippen molar-refractivity contribution >= 4 is 6.29 Å². The highest BCUT2D eigenvalue weighted by molar-refractivity contribution is 5.75. The molecule has 51 valence electrons. The summed E-state index contributed by atoms with van der Waals surface area (Å²) < 4.78 is 24.4. The van der Waals surface area contributed by atoms with Gasteiger partial charge in [0.15, 0.2) is 0 Å². The van der Waals surface area contributed by atoms with Crippen LogP contribution in [0.4, 0.5) is 8.78 Å². The molecule has 1 aromatic carbocycles. The fraction of sp³-hybridized carbons (Fsp3) is 0. The topological polar surface area (TPSA) is 17.1 Å². The standard InChI is InChI=1S/C7H3F2O/c8-6-1-5(4-10)2-7(9)3-6/h1-3H. The van der Waals surface area contributed by atoms with Gasteiger partial charge in [-0.3, -0.25) is 4.79 Å². The molecule has 0 saturated carbocycles. The summed E-state index contributed by atoms with van der Waals surface area (Å²) in [6.45, 7) is 0. The Morgan fingerprint density at radius 1 is 1.10 bits per heavy atom. The minimum absolute atomic E-state index is 0.113. The Kier molecular flexibility index (Phi) is 1.76. The third kappa shape index (κ3) is 1.37. The zero-order chi connectivity index (χ0) is 7.56. The molecule has 0 aliphatic rings. The highest BCUT2D eigenvalue weighted by Gasteiger charge is 1.98. The Bertz CT molecular complexity index is 238. The summed E-state index contributed by atoms with van der Waals surface area (Å²) in [4.78, 5) is 9.85. The Hall–Kier alpha value is -1.25. The molecule has 3 heteroatoms. The molecule has 0 aliphatic heterocycles. The second-order valence-electron chi connectivity index (χ2n) is 1.76. The van der Waals surface area contributed by atoms with Gasteiger partial charge < -0.3 is 0 Å². The molecule has 0 spiro atoms. The molecule has 1 radical (unpaired) electrons. The van der Waals surface area contributed by atoms with Crippen LogP contribution in [0.15, 0.2) is 18.2 Å². The van der Waals surface area contributed by atoms with Gasteiger partial charge in [0.1, 0.15) is 11.6 Å². The predicted octanol–water partition coefficient (Wildman–Crippen LogP) is 1.42. The maximum Gasteiger partial charge on any atom is 0.233 e. The fourth-order valence-corrected chi connectivity index (χ4v) is 0.613. The third-order valence-corrected chi connectivity index (χ3v) is 0.980. The van der Waals surface area contributed by atoms with Crippen molar-refractivity contribution in [3.8, 4) is 0 Å². The Morgan fingerprint density at radius 3 is 2.00 bits per heavy atom. The molecule has 0 fully saturated rings. The number of halogens is 2. The van der Waals surface area contributed by atoms with Crippen molar-refractivity contribution in [3.05, 3.63) is 35.4 Å². The Morgan fingerprint density at radius 2 is 1.60 bits per heavy atom. The van der Waals surface area contributed by atoms with E-state index in [1.807, 2.05) is 0 Å².